The van der Waals surface area contributed by atoms with E-state index >= 15 is 4.39 Å². The average Bonchev–Trinajstić information content (AvgIpc) is 3.86. The fourth-order valence-corrected chi connectivity index (χ4v) is 6.03. The Labute approximate surface area is 252 Å². The maximum atomic E-state index is 15.3. The number of piperazine rings is 1. The third-order valence-corrected chi connectivity index (χ3v) is 8.56. The molecule has 0 bridgehead atoms. The molecule has 0 unspecified atom stereocenters. The van der Waals surface area contributed by atoms with Gasteiger partial charge in [-0.3, -0.25) is 14.4 Å². The van der Waals surface area contributed by atoms with Crippen LogP contribution in [-0.2, 0) is 4.79 Å². The fraction of sp³-hybridized carbons (Fsp3) is 0.267. The second kappa shape index (κ2) is 11.6. The van der Waals surface area contributed by atoms with Crippen LogP contribution in [0.2, 0.25) is 0 Å². The number of nitrogens with zero attached hydrogens (tertiary/aromatic N) is 5. The van der Waals surface area contributed by atoms with Crippen LogP contribution < -0.4 is 15.9 Å². The zero-order valence-corrected chi connectivity index (χ0v) is 23.9. The second-order valence-electron chi connectivity index (χ2n) is 10.5. The highest BCUT2D eigenvalue weighted by molar-refractivity contribution is 7.99. The van der Waals surface area contributed by atoms with Crippen molar-refractivity contribution < 1.29 is 23.5 Å². The van der Waals surface area contributed by atoms with Crippen LogP contribution in [0.3, 0.4) is 0 Å². The van der Waals surface area contributed by atoms with Crippen molar-refractivity contribution in [3.63, 3.8) is 0 Å². The molecule has 224 valence electrons. The summed E-state index contributed by atoms with van der Waals surface area (Å²) < 4.78 is 30.4. The fourth-order valence-electron chi connectivity index (χ4n) is 5.27. The van der Waals surface area contributed by atoms with Gasteiger partial charge in [0.15, 0.2) is 5.16 Å². The summed E-state index contributed by atoms with van der Waals surface area (Å²) in [4.78, 5) is 60.1. The molecule has 0 atom stereocenters. The molecule has 14 heteroatoms. The molecule has 44 heavy (non-hydrogen) atoms. The van der Waals surface area contributed by atoms with Gasteiger partial charge in [-0.1, -0.05) is 11.8 Å². The molecule has 2 aliphatic rings. The number of carbonyl (C=O) groups excluding carboxylic acids is 1. The minimum Gasteiger partial charge on any atom is -0.477 e. The van der Waals surface area contributed by atoms with Crippen molar-refractivity contribution >= 4 is 40.2 Å². The second-order valence-corrected chi connectivity index (χ2v) is 11.5. The molecule has 1 aliphatic carbocycles. The quantitative estimate of drug-likeness (QED) is 0.235. The molecular formula is C30H24F2N6O5S. The van der Waals surface area contributed by atoms with E-state index in [-0.39, 0.29) is 45.2 Å². The third kappa shape index (κ3) is 5.53. The van der Waals surface area contributed by atoms with Gasteiger partial charge in [0.25, 0.3) is 5.56 Å². The Morgan fingerprint density at radius 1 is 1.09 bits per heavy atom. The molecule has 3 heterocycles. The number of aromatic amines is 1. The highest BCUT2D eigenvalue weighted by Gasteiger charge is 2.29. The van der Waals surface area contributed by atoms with E-state index < -0.39 is 34.2 Å². The van der Waals surface area contributed by atoms with Crippen molar-refractivity contribution in [1.82, 2.24) is 19.4 Å². The number of nitriles is 1. The summed E-state index contributed by atoms with van der Waals surface area (Å²) in [5, 5.41) is 19.0. The van der Waals surface area contributed by atoms with Gasteiger partial charge in [0.2, 0.25) is 11.3 Å². The molecule has 11 nitrogen and oxygen atoms in total. The number of fused-ring (bicyclic) bond motifs is 1. The van der Waals surface area contributed by atoms with Crippen LogP contribution >= 0.6 is 11.8 Å². The Morgan fingerprint density at radius 3 is 2.43 bits per heavy atom. The molecule has 1 saturated carbocycles. The molecule has 1 amide bonds. The molecular weight excluding hydrogens is 594 g/mol. The van der Waals surface area contributed by atoms with Gasteiger partial charge in [0.05, 0.1) is 22.7 Å². The van der Waals surface area contributed by atoms with E-state index in [9.17, 15) is 33.9 Å². The summed E-state index contributed by atoms with van der Waals surface area (Å²) in [5.74, 6) is -2.77. The highest BCUT2D eigenvalue weighted by atomic mass is 32.2. The van der Waals surface area contributed by atoms with Crippen LogP contribution in [-0.4, -0.2) is 68.3 Å². The Morgan fingerprint density at radius 2 is 1.80 bits per heavy atom. The number of carboxylic acid groups (broad SMARTS) is 1. The first kappa shape index (κ1) is 29.1. The van der Waals surface area contributed by atoms with Gasteiger partial charge in [0.1, 0.15) is 28.8 Å². The van der Waals surface area contributed by atoms with Crippen molar-refractivity contribution in [2.24, 2.45) is 0 Å². The molecule has 0 spiro atoms. The summed E-state index contributed by atoms with van der Waals surface area (Å²) >= 11 is 0.994. The van der Waals surface area contributed by atoms with E-state index in [1.165, 1.54) is 30.5 Å². The van der Waals surface area contributed by atoms with Gasteiger partial charge in [0, 0.05) is 49.4 Å². The van der Waals surface area contributed by atoms with Gasteiger partial charge in [-0.15, -0.1) is 0 Å². The Bertz CT molecular complexity index is 1980. The van der Waals surface area contributed by atoms with E-state index in [1.54, 1.807) is 20.4 Å². The van der Waals surface area contributed by atoms with E-state index in [1.807, 2.05) is 6.07 Å². The largest absolute Gasteiger partial charge is 0.477 e. The Balaban J connectivity index is 1.15. The topological polar surface area (TPSA) is 152 Å². The van der Waals surface area contributed by atoms with Gasteiger partial charge < -0.3 is 24.5 Å². The monoisotopic (exact) mass is 618 g/mol. The SMILES string of the molecule is N#Cc1c(-c2ccc(F)cc2)nc(SCC(=O)N2CCN(c3cc4c(cc3F)c(=O)c(C(=O)O)cn4C3CC3)CC2)[nH]c1=O. The van der Waals surface area contributed by atoms with Crippen LogP contribution in [0.4, 0.5) is 14.5 Å². The minimum absolute atomic E-state index is 0.0147. The number of nitrogens with one attached hydrogen (secondary N) is 1. The van der Waals surface area contributed by atoms with Crippen molar-refractivity contribution in [2.75, 3.05) is 36.8 Å². The number of benzene rings is 2. The summed E-state index contributed by atoms with van der Waals surface area (Å²) in [5.41, 5.74) is -0.811. The molecule has 2 fully saturated rings. The van der Waals surface area contributed by atoms with Gasteiger partial charge in [-0.05, 0) is 49.2 Å². The van der Waals surface area contributed by atoms with E-state index in [0.717, 1.165) is 30.7 Å². The molecule has 2 aromatic carbocycles. The van der Waals surface area contributed by atoms with Crippen molar-refractivity contribution in [3.05, 3.63) is 85.9 Å². The van der Waals surface area contributed by atoms with Gasteiger partial charge in [-0.2, -0.15) is 5.26 Å². The minimum atomic E-state index is -1.36. The number of carbonyl (C=O) groups is 2. The third-order valence-electron chi connectivity index (χ3n) is 7.70. The number of thioether (sulfide) groups is 1. The van der Waals surface area contributed by atoms with E-state index in [0.29, 0.717) is 37.3 Å². The number of anilines is 1. The Kier molecular flexibility index (Phi) is 7.64. The predicted molar refractivity (Wildman–Crippen MR) is 158 cm³/mol. The van der Waals surface area contributed by atoms with Crippen LogP contribution in [0.1, 0.15) is 34.8 Å². The molecule has 4 aromatic rings. The number of rotatable bonds is 7. The smallest absolute Gasteiger partial charge is 0.341 e. The van der Waals surface area contributed by atoms with Crippen LogP contribution in [0.5, 0.6) is 0 Å². The summed E-state index contributed by atoms with van der Waals surface area (Å²) in [7, 11) is 0. The molecule has 2 N–H and O–H groups in total. The number of amides is 1. The molecule has 1 aliphatic heterocycles. The maximum Gasteiger partial charge on any atom is 0.341 e. The van der Waals surface area contributed by atoms with Crippen molar-refractivity contribution in [3.8, 4) is 17.3 Å². The zero-order chi connectivity index (χ0) is 31.1. The first-order valence-corrected chi connectivity index (χ1v) is 14.7. The van der Waals surface area contributed by atoms with E-state index in [2.05, 4.69) is 9.97 Å². The zero-order valence-electron chi connectivity index (χ0n) is 23.0. The normalized spacial score (nSPS) is 14.9. The van der Waals surface area contributed by atoms with Gasteiger partial charge >= 0.3 is 5.97 Å². The molecule has 0 radical (unpaired) electrons. The number of carboxylic acids is 1. The first-order valence-electron chi connectivity index (χ1n) is 13.7. The summed E-state index contributed by atoms with van der Waals surface area (Å²) in [6, 6.07) is 9.75. The first-order chi connectivity index (χ1) is 21.1. The number of aromatic nitrogens is 3. The lowest BCUT2D eigenvalue weighted by atomic mass is 10.1. The Hall–Kier alpha value is -5.03. The maximum absolute atomic E-state index is 15.3. The lowest BCUT2D eigenvalue weighted by molar-refractivity contribution is -0.128. The van der Waals surface area contributed by atoms with Crippen LogP contribution in [0.15, 0.2) is 57.3 Å². The predicted octanol–water partition coefficient (Wildman–Crippen LogP) is 3.38. The van der Waals surface area contributed by atoms with E-state index in [4.69, 9.17) is 0 Å². The lowest BCUT2D eigenvalue weighted by Gasteiger charge is -2.36. The molecule has 6 rings (SSSR count). The average molecular weight is 619 g/mol. The standard InChI is InChI=1S/C30H24F2N6O5S/c31-17-3-1-16(2-4-17)26-20(13-33)28(41)35-30(34-26)44-15-25(39)37-9-7-36(8-10-37)24-12-23-19(11-22(24)32)27(40)21(29(42)43)14-38(23)18-5-6-18/h1-4,11-12,14,18H,5-10,15H2,(H,42,43)(H,34,35,41). The number of pyridine rings is 1. The van der Waals surface area contributed by atoms with Crippen LogP contribution in [0, 0.1) is 23.0 Å². The highest BCUT2D eigenvalue weighted by Crippen LogP contribution is 2.38. The van der Waals surface area contributed by atoms with Crippen LogP contribution in [0.25, 0.3) is 22.2 Å². The lowest BCUT2D eigenvalue weighted by Crippen LogP contribution is -2.49. The number of hydrogen-bond acceptors (Lipinski definition) is 8. The number of hydrogen-bond donors (Lipinski definition) is 2. The number of halogens is 2. The molecule has 1 saturated heterocycles. The van der Waals surface area contributed by atoms with Crippen molar-refractivity contribution in [1.29, 1.82) is 5.26 Å². The van der Waals surface area contributed by atoms with Gasteiger partial charge in [-0.25, -0.2) is 18.6 Å². The number of H-pyrrole nitrogens is 1. The summed E-state index contributed by atoms with van der Waals surface area (Å²) in [6.07, 6.45) is 3.00. The number of aromatic carboxylic acids is 1. The molecule has 2 aromatic heterocycles. The van der Waals surface area contributed by atoms with Crippen molar-refractivity contribution in [2.45, 2.75) is 24.0 Å². The summed E-state index contributed by atoms with van der Waals surface area (Å²) in [6.45, 7) is 1.23.